The summed E-state index contributed by atoms with van der Waals surface area (Å²) < 4.78 is 11.8. The lowest BCUT2D eigenvalue weighted by Crippen LogP contribution is -2.29. The predicted molar refractivity (Wildman–Crippen MR) is 140 cm³/mol. The third kappa shape index (κ3) is 4.13. The lowest BCUT2D eigenvalue weighted by Gasteiger charge is -2.26. The Morgan fingerprint density at radius 3 is 2.65 bits per heavy atom. The molecule has 2 atom stereocenters. The summed E-state index contributed by atoms with van der Waals surface area (Å²) in [4.78, 5) is 6.59. The number of benzene rings is 2. The standard InChI is InChI=1S/C26H21Cl2N3O2S/c1-15-6-7-16(27)13-18(15)21-10-11-23(33-21)25-24(20-5-3-4-12-29-20)30-26(34)31(25)17-8-9-22(32-2)19(28)14-17/h3-14,24-25H,1-2H3,(H,30,34). The van der Waals surface area contributed by atoms with Gasteiger partial charge < -0.3 is 19.4 Å². The average Bonchev–Trinajstić information content (AvgIpc) is 3.45. The molecule has 5 nitrogen and oxygen atoms in total. The van der Waals surface area contributed by atoms with Crippen molar-refractivity contribution in [1.82, 2.24) is 10.3 Å². The molecule has 3 heterocycles. The fourth-order valence-corrected chi connectivity index (χ4v) is 5.01. The third-order valence-corrected chi connectivity index (χ3v) is 6.74. The molecule has 4 aromatic rings. The van der Waals surface area contributed by atoms with Crippen molar-refractivity contribution in [2.45, 2.75) is 19.0 Å². The van der Waals surface area contributed by atoms with Crippen molar-refractivity contribution >= 4 is 46.2 Å². The van der Waals surface area contributed by atoms with E-state index in [9.17, 15) is 0 Å². The molecule has 0 amide bonds. The molecule has 0 saturated carbocycles. The number of aryl methyl sites for hydroxylation is 1. The molecular weight excluding hydrogens is 489 g/mol. The molecule has 0 spiro atoms. The van der Waals surface area contributed by atoms with Crippen molar-refractivity contribution in [1.29, 1.82) is 0 Å². The quantitative estimate of drug-likeness (QED) is 0.288. The van der Waals surface area contributed by atoms with Gasteiger partial charge in [0, 0.05) is 22.5 Å². The van der Waals surface area contributed by atoms with Crippen LogP contribution in [0.1, 0.15) is 29.1 Å². The maximum absolute atomic E-state index is 6.46. The summed E-state index contributed by atoms with van der Waals surface area (Å²) in [5, 5.41) is 5.13. The second-order valence-electron chi connectivity index (χ2n) is 7.98. The van der Waals surface area contributed by atoms with E-state index in [2.05, 4.69) is 10.3 Å². The maximum atomic E-state index is 6.46. The fraction of sp³-hybridized carbons (Fsp3) is 0.154. The zero-order valence-electron chi connectivity index (χ0n) is 18.5. The first-order chi connectivity index (χ1) is 16.5. The topological polar surface area (TPSA) is 50.5 Å². The van der Waals surface area contributed by atoms with Gasteiger partial charge in [0.05, 0.1) is 23.9 Å². The van der Waals surface area contributed by atoms with Crippen LogP contribution in [-0.4, -0.2) is 17.2 Å². The SMILES string of the molecule is COc1ccc(N2C(=S)NC(c3ccccn3)C2c2ccc(-c3cc(Cl)ccc3C)o2)cc1Cl. The van der Waals surface area contributed by atoms with E-state index in [0.29, 0.717) is 20.9 Å². The highest BCUT2D eigenvalue weighted by Crippen LogP contribution is 2.44. The molecule has 5 rings (SSSR count). The normalized spacial score (nSPS) is 17.6. The van der Waals surface area contributed by atoms with Crippen LogP contribution in [0.4, 0.5) is 5.69 Å². The van der Waals surface area contributed by atoms with Gasteiger partial charge in [0.25, 0.3) is 0 Å². The van der Waals surface area contributed by atoms with Crippen LogP contribution in [0.5, 0.6) is 5.75 Å². The molecule has 1 saturated heterocycles. The van der Waals surface area contributed by atoms with Gasteiger partial charge in [-0.2, -0.15) is 0 Å². The van der Waals surface area contributed by atoms with E-state index >= 15 is 0 Å². The molecule has 1 aliphatic rings. The number of rotatable bonds is 5. The summed E-state index contributed by atoms with van der Waals surface area (Å²) >= 11 is 18.5. The largest absolute Gasteiger partial charge is 0.495 e. The van der Waals surface area contributed by atoms with Crippen molar-refractivity contribution in [3.05, 3.63) is 100.0 Å². The third-order valence-electron chi connectivity index (χ3n) is 5.90. The number of anilines is 1. The number of hydrogen-bond acceptors (Lipinski definition) is 4. The molecule has 34 heavy (non-hydrogen) atoms. The van der Waals surface area contributed by atoms with Crippen LogP contribution in [-0.2, 0) is 0 Å². The first-order valence-electron chi connectivity index (χ1n) is 10.7. The molecule has 1 N–H and O–H groups in total. The summed E-state index contributed by atoms with van der Waals surface area (Å²) in [6.07, 6.45) is 1.77. The van der Waals surface area contributed by atoms with Crippen LogP contribution in [0.3, 0.4) is 0 Å². The van der Waals surface area contributed by atoms with Gasteiger partial charge in [0.15, 0.2) is 5.11 Å². The van der Waals surface area contributed by atoms with Gasteiger partial charge in [-0.25, -0.2) is 0 Å². The smallest absolute Gasteiger partial charge is 0.174 e. The number of hydrogen-bond donors (Lipinski definition) is 1. The van der Waals surface area contributed by atoms with Crippen molar-refractivity contribution in [2.75, 3.05) is 12.0 Å². The van der Waals surface area contributed by atoms with Crippen LogP contribution >= 0.6 is 35.4 Å². The Balaban J connectivity index is 1.62. The minimum absolute atomic E-state index is 0.228. The maximum Gasteiger partial charge on any atom is 0.174 e. The van der Waals surface area contributed by atoms with Gasteiger partial charge in [-0.1, -0.05) is 35.3 Å². The highest BCUT2D eigenvalue weighted by molar-refractivity contribution is 7.80. The van der Waals surface area contributed by atoms with Crippen LogP contribution < -0.4 is 15.0 Å². The Morgan fingerprint density at radius 2 is 1.91 bits per heavy atom. The summed E-state index contributed by atoms with van der Waals surface area (Å²) in [5.74, 6) is 2.07. The highest BCUT2D eigenvalue weighted by atomic mass is 35.5. The molecule has 2 aromatic carbocycles. The van der Waals surface area contributed by atoms with E-state index in [-0.39, 0.29) is 12.1 Å². The minimum atomic E-state index is -0.292. The number of thiocarbonyl (C=S) groups is 1. The van der Waals surface area contributed by atoms with E-state index in [1.165, 1.54) is 0 Å². The van der Waals surface area contributed by atoms with Crippen molar-refractivity contribution in [3.63, 3.8) is 0 Å². The van der Waals surface area contributed by atoms with Crippen LogP contribution in [0.2, 0.25) is 10.0 Å². The number of aromatic nitrogens is 1. The average molecular weight is 510 g/mol. The number of methoxy groups -OCH3 is 1. The Morgan fingerprint density at radius 1 is 1.06 bits per heavy atom. The second-order valence-corrected chi connectivity index (χ2v) is 9.21. The number of ether oxygens (including phenoxy) is 1. The zero-order valence-corrected chi connectivity index (χ0v) is 20.8. The van der Waals surface area contributed by atoms with Crippen molar-refractivity contribution in [2.24, 2.45) is 0 Å². The van der Waals surface area contributed by atoms with E-state index in [1.54, 1.807) is 13.3 Å². The predicted octanol–water partition coefficient (Wildman–Crippen LogP) is 7.14. The summed E-state index contributed by atoms with van der Waals surface area (Å²) in [5.41, 5.74) is 3.70. The fourth-order valence-electron chi connectivity index (χ4n) is 4.24. The Kier molecular flexibility index (Phi) is 6.21. The Labute approximate surface area is 213 Å². The summed E-state index contributed by atoms with van der Waals surface area (Å²) in [6.45, 7) is 2.03. The van der Waals surface area contributed by atoms with E-state index < -0.39 is 0 Å². The minimum Gasteiger partial charge on any atom is -0.495 e. The molecule has 8 heteroatoms. The Hall–Kier alpha value is -3.06. The van der Waals surface area contributed by atoms with Gasteiger partial charge in [-0.05, 0) is 79.3 Å². The van der Waals surface area contributed by atoms with Gasteiger partial charge in [-0.15, -0.1) is 0 Å². The molecule has 2 unspecified atom stereocenters. The molecule has 0 bridgehead atoms. The lowest BCUT2D eigenvalue weighted by atomic mass is 10.0. The van der Waals surface area contributed by atoms with E-state index in [0.717, 1.165) is 34.0 Å². The number of pyridine rings is 1. The van der Waals surface area contributed by atoms with Gasteiger partial charge in [0.2, 0.25) is 0 Å². The van der Waals surface area contributed by atoms with Crippen LogP contribution in [0.15, 0.2) is 77.3 Å². The number of nitrogens with zero attached hydrogens (tertiary/aromatic N) is 2. The van der Waals surface area contributed by atoms with Gasteiger partial charge >= 0.3 is 0 Å². The van der Waals surface area contributed by atoms with Gasteiger partial charge in [0.1, 0.15) is 23.3 Å². The first kappa shape index (κ1) is 22.7. The van der Waals surface area contributed by atoms with Gasteiger partial charge in [-0.3, -0.25) is 4.98 Å². The molecule has 1 fully saturated rings. The lowest BCUT2D eigenvalue weighted by molar-refractivity contribution is 0.415. The molecule has 0 radical (unpaired) electrons. The monoisotopic (exact) mass is 509 g/mol. The number of nitrogens with one attached hydrogen (secondary N) is 1. The van der Waals surface area contributed by atoms with E-state index in [4.69, 9.17) is 44.6 Å². The Bertz CT molecular complexity index is 1360. The van der Waals surface area contributed by atoms with Crippen molar-refractivity contribution < 1.29 is 9.15 Å². The zero-order chi connectivity index (χ0) is 23.8. The first-order valence-corrected chi connectivity index (χ1v) is 11.8. The summed E-state index contributed by atoms with van der Waals surface area (Å²) in [7, 11) is 1.59. The molecule has 2 aromatic heterocycles. The second kappa shape index (κ2) is 9.29. The number of halogens is 2. The molecule has 0 aliphatic carbocycles. The van der Waals surface area contributed by atoms with Crippen molar-refractivity contribution in [3.8, 4) is 17.1 Å². The molecule has 172 valence electrons. The van der Waals surface area contributed by atoms with Crippen LogP contribution in [0.25, 0.3) is 11.3 Å². The highest BCUT2D eigenvalue weighted by Gasteiger charge is 2.42. The molecular formula is C26H21Cl2N3O2S. The molecule has 1 aliphatic heterocycles. The number of furan rings is 1. The summed E-state index contributed by atoms with van der Waals surface area (Å²) in [6, 6.07) is 20.6. The van der Waals surface area contributed by atoms with Crippen LogP contribution in [0, 0.1) is 6.92 Å². The van der Waals surface area contributed by atoms with E-state index in [1.807, 2.05) is 78.6 Å².